The van der Waals surface area contributed by atoms with E-state index in [9.17, 15) is 4.79 Å². The van der Waals surface area contributed by atoms with Gasteiger partial charge in [-0.05, 0) is 37.0 Å². The van der Waals surface area contributed by atoms with Crippen molar-refractivity contribution in [2.24, 2.45) is 5.73 Å². The summed E-state index contributed by atoms with van der Waals surface area (Å²) < 4.78 is 10.7. The van der Waals surface area contributed by atoms with Gasteiger partial charge in [0.15, 0.2) is 11.5 Å². The summed E-state index contributed by atoms with van der Waals surface area (Å²) >= 11 is 0. The minimum absolute atomic E-state index is 0.102. The number of methoxy groups -OCH3 is 1. The van der Waals surface area contributed by atoms with Gasteiger partial charge < -0.3 is 15.0 Å². The maximum absolute atomic E-state index is 11.6. The molecule has 0 aliphatic heterocycles. The molecule has 0 atom stereocenters. The van der Waals surface area contributed by atoms with E-state index in [1.54, 1.807) is 7.11 Å². The highest BCUT2D eigenvalue weighted by Crippen LogP contribution is 2.54. The number of rotatable bonds is 2. The van der Waals surface area contributed by atoms with Crippen molar-refractivity contribution in [1.29, 1.82) is 0 Å². The van der Waals surface area contributed by atoms with Crippen molar-refractivity contribution in [1.82, 2.24) is 5.16 Å². The van der Waals surface area contributed by atoms with E-state index < -0.39 is 5.91 Å². The van der Waals surface area contributed by atoms with Gasteiger partial charge >= 0.3 is 0 Å². The normalized spacial score (nSPS) is 17.8. The van der Waals surface area contributed by atoms with Gasteiger partial charge in [-0.1, -0.05) is 17.6 Å². The summed E-state index contributed by atoms with van der Waals surface area (Å²) in [5.41, 5.74) is 8.89. The molecule has 1 aromatic heterocycles. The highest BCUT2D eigenvalue weighted by molar-refractivity contribution is 5.94. The molecule has 1 aromatic carbocycles. The van der Waals surface area contributed by atoms with Crippen LogP contribution in [0, 0.1) is 0 Å². The number of carbonyl (C=O) groups is 1. The topological polar surface area (TPSA) is 78.3 Å². The molecule has 2 aromatic rings. The fourth-order valence-corrected chi connectivity index (χ4v) is 3.66. The first-order chi connectivity index (χ1) is 10.1. The molecule has 1 amide bonds. The minimum Gasteiger partial charge on any atom is -0.497 e. The number of fused-ring (bicyclic) bond motifs is 4. The second kappa shape index (κ2) is 4.10. The van der Waals surface area contributed by atoms with Gasteiger partial charge in [-0.2, -0.15) is 0 Å². The molecule has 2 aliphatic rings. The number of hydrogen-bond donors (Lipinski definition) is 1. The van der Waals surface area contributed by atoms with Gasteiger partial charge in [0.2, 0.25) is 0 Å². The van der Waals surface area contributed by atoms with E-state index in [4.69, 9.17) is 15.0 Å². The summed E-state index contributed by atoms with van der Waals surface area (Å²) in [7, 11) is 1.64. The van der Waals surface area contributed by atoms with Gasteiger partial charge in [-0.3, -0.25) is 4.79 Å². The molecule has 21 heavy (non-hydrogen) atoms. The number of nitrogens with zero attached hydrogens (tertiary/aromatic N) is 1. The fourth-order valence-electron chi connectivity index (χ4n) is 3.66. The average Bonchev–Trinajstić information content (AvgIpc) is 2.87. The van der Waals surface area contributed by atoms with Crippen LogP contribution in [0.15, 0.2) is 22.7 Å². The highest BCUT2D eigenvalue weighted by Gasteiger charge is 2.46. The largest absolute Gasteiger partial charge is 0.497 e. The Morgan fingerprint density at radius 1 is 1.43 bits per heavy atom. The molecule has 2 aliphatic carbocycles. The van der Waals surface area contributed by atoms with Crippen molar-refractivity contribution in [2.75, 3.05) is 7.11 Å². The molecule has 1 heterocycles. The first-order valence-electron chi connectivity index (χ1n) is 7.12. The summed E-state index contributed by atoms with van der Waals surface area (Å²) in [5, 5.41) is 3.89. The lowest BCUT2D eigenvalue weighted by atomic mass is 9.58. The number of benzene rings is 1. The molecule has 2 N–H and O–H groups in total. The van der Waals surface area contributed by atoms with E-state index in [1.165, 1.54) is 12.0 Å². The Morgan fingerprint density at radius 2 is 2.24 bits per heavy atom. The monoisotopic (exact) mass is 284 g/mol. The minimum atomic E-state index is -0.527. The smallest absolute Gasteiger partial charge is 0.271 e. The fraction of sp³-hybridized carbons (Fsp3) is 0.375. The van der Waals surface area contributed by atoms with Crippen molar-refractivity contribution in [2.45, 2.75) is 31.1 Å². The Morgan fingerprint density at radius 3 is 2.86 bits per heavy atom. The van der Waals surface area contributed by atoms with Crippen molar-refractivity contribution in [3.63, 3.8) is 0 Å². The van der Waals surface area contributed by atoms with Crippen LogP contribution >= 0.6 is 0 Å². The molecule has 0 unspecified atom stereocenters. The molecule has 0 radical (unpaired) electrons. The Bertz CT molecular complexity index is 744. The van der Waals surface area contributed by atoms with Crippen LogP contribution < -0.4 is 10.5 Å². The number of aromatic nitrogens is 1. The summed E-state index contributed by atoms with van der Waals surface area (Å²) in [6, 6.07) is 6.06. The number of nitrogens with two attached hydrogens (primary N) is 1. The van der Waals surface area contributed by atoms with E-state index in [0.29, 0.717) is 5.76 Å². The first-order valence-corrected chi connectivity index (χ1v) is 7.12. The molecule has 4 rings (SSSR count). The molecule has 0 saturated heterocycles. The zero-order chi connectivity index (χ0) is 14.6. The van der Waals surface area contributed by atoms with E-state index in [-0.39, 0.29) is 11.1 Å². The van der Waals surface area contributed by atoms with Crippen LogP contribution in [0.3, 0.4) is 0 Å². The molecule has 1 spiro atoms. The van der Waals surface area contributed by atoms with Crippen LogP contribution in [0.5, 0.6) is 5.75 Å². The standard InChI is InChI=1S/C16H16N2O3/c1-20-9-3-4-12-10(7-9)14-11(8-16(12)5-2-6-16)13(15(17)19)18-21-14/h3-4,7H,2,5-6,8H2,1H3,(H2,17,19). The van der Waals surface area contributed by atoms with Gasteiger partial charge in [0.05, 0.1) is 7.11 Å². The first kappa shape index (κ1) is 12.4. The van der Waals surface area contributed by atoms with Gasteiger partial charge in [-0.25, -0.2) is 0 Å². The van der Waals surface area contributed by atoms with Crippen LogP contribution in [0.4, 0.5) is 0 Å². The van der Waals surface area contributed by atoms with Gasteiger partial charge in [-0.15, -0.1) is 0 Å². The van der Waals surface area contributed by atoms with Crippen molar-refractivity contribution >= 4 is 5.91 Å². The average molecular weight is 284 g/mol. The van der Waals surface area contributed by atoms with Crippen LogP contribution in [-0.2, 0) is 11.8 Å². The number of ether oxygens (including phenoxy) is 1. The lowest BCUT2D eigenvalue weighted by Crippen LogP contribution is -2.39. The Hall–Kier alpha value is -2.30. The van der Waals surface area contributed by atoms with Crippen LogP contribution in [0.1, 0.15) is 40.9 Å². The third kappa shape index (κ3) is 1.57. The number of carbonyl (C=O) groups excluding carboxylic acids is 1. The molecule has 0 bridgehead atoms. The lowest BCUT2D eigenvalue weighted by Gasteiger charge is -2.45. The Balaban J connectivity index is 1.97. The van der Waals surface area contributed by atoms with Crippen LogP contribution in [0.2, 0.25) is 0 Å². The second-order valence-corrected chi connectivity index (χ2v) is 5.93. The second-order valence-electron chi connectivity index (χ2n) is 5.93. The molecular weight excluding hydrogens is 268 g/mol. The zero-order valence-electron chi connectivity index (χ0n) is 11.8. The molecular formula is C16H16N2O3. The van der Waals surface area contributed by atoms with Gasteiger partial charge in [0.1, 0.15) is 5.75 Å². The van der Waals surface area contributed by atoms with E-state index in [1.807, 2.05) is 12.1 Å². The SMILES string of the molecule is COc1ccc2c(c1)-c1onc(C(N)=O)c1CC21CCC1. The molecule has 1 saturated carbocycles. The molecule has 1 fully saturated rings. The third-order valence-electron chi connectivity index (χ3n) is 4.89. The van der Waals surface area contributed by atoms with E-state index in [0.717, 1.165) is 36.1 Å². The molecule has 108 valence electrons. The predicted octanol–water partition coefficient (Wildman–Crippen LogP) is 2.43. The predicted molar refractivity (Wildman–Crippen MR) is 76.2 cm³/mol. The van der Waals surface area contributed by atoms with E-state index >= 15 is 0 Å². The number of primary amides is 1. The summed E-state index contributed by atoms with van der Waals surface area (Å²) in [6.45, 7) is 0. The summed E-state index contributed by atoms with van der Waals surface area (Å²) in [5.74, 6) is 0.907. The third-order valence-corrected chi connectivity index (χ3v) is 4.89. The zero-order valence-corrected chi connectivity index (χ0v) is 11.8. The van der Waals surface area contributed by atoms with Crippen molar-refractivity contribution < 1.29 is 14.1 Å². The number of amides is 1. The van der Waals surface area contributed by atoms with Crippen LogP contribution in [0.25, 0.3) is 11.3 Å². The summed E-state index contributed by atoms with van der Waals surface area (Å²) in [6.07, 6.45) is 4.23. The van der Waals surface area contributed by atoms with E-state index in [2.05, 4.69) is 11.2 Å². The Kier molecular flexibility index (Phi) is 2.43. The lowest BCUT2D eigenvalue weighted by molar-refractivity contribution is 0.0990. The van der Waals surface area contributed by atoms with Gasteiger partial charge in [0.25, 0.3) is 5.91 Å². The molecule has 5 heteroatoms. The van der Waals surface area contributed by atoms with Crippen molar-refractivity contribution in [3.8, 4) is 17.1 Å². The summed E-state index contributed by atoms with van der Waals surface area (Å²) in [4.78, 5) is 11.6. The van der Waals surface area contributed by atoms with Crippen molar-refractivity contribution in [3.05, 3.63) is 35.0 Å². The number of hydrogen-bond acceptors (Lipinski definition) is 4. The van der Waals surface area contributed by atoms with Crippen LogP contribution in [-0.4, -0.2) is 18.2 Å². The molecule has 5 nitrogen and oxygen atoms in total. The highest BCUT2D eigenvalue weighted by atomic mass is 16.5. The quantitative estimate of drug-likeness (QED) is 0.918. The Labute approximate surface area is 122 Å². The maximum atomic E-state index is 11.6. The van der Waals surface area contributed by atoms with Gasteiger partial charge in [0, 0.05) is 16.5 Å². The maximum Gasteiger partial charge on any atom is 0.271 e.